The zero-order valence-corrected chi connectivity index (χ0v) is 6.24. The Hall–Kier alpha value is 0.220. The first-order valence-electron chi connectivity index (χ1n) is 2.48. The van der Waals surface area contributed by atoms with Crippen LogP contribution in [0, 0.1) is 5.92 Å². The molecule has 0 aliphatic rings. The van der Waals surface area contributed by atoms with Gasteiger partial charge in [0.25, 0.3) is 0 Å². The van der Waals surface area contributed by atoms with E-state index in [1.165, 1.54) is 0 Å². The minimum absolute atomic E-state index is 0.748. The minimum Gasteiger partial charge on any atom is -0.103 e. The second-order valence-corrected chi connectivity index (χ2v) is 2.43. The van der Waals surface area contributed by atoms with Crippen molar-refractivity contribution < 1.29 is 0 Å². The van der Waals surface area contributed by atoms with Crippen LogP contribution in [-0.2, 0) is 0 Å². The van der Waals surface area contributed by atoms with Crippen molar-refractivity contribution in [2.45, 2.75) is 13.3 Å². The molecule has 0 saturated carbocycles. The fourth-order valence-electron chi connectivity index (χ4n) is 0.348. The number of allylic oxidation sites excluding steroid dienone is 1. The topological polar surface area (TPSA) is 0 Å². The summed E-state index contributed by atoms with van der Waals surface area (Å²) < 4.78 is 0. The van der Waals surface area contributed by atoms with E-state index in [1.807, 2.05) is 6.08 Å². The molecule has 0 aliphatic heterocycles. The van der Waals surface area contributed by atoms with Crippen LogP contribution in [0.5, 0.6) is 0 Å². The molecule has 0 saturated heterocycles. The highest BCUT2D eigenvalue weighted by atomic mass is 79.9. The SMILES string of the molecule is C=CCC(C)CBr. The second kappa shape index (κ2) is 4.38. The number of hydrogen-bond donors (Lipinski definition) is 0. The van der Waals surface area contributed by atoms with Gasteiger partial charge in [0.05, 0.1) is 0 Å². The normalized spacial score (nSPS) is 13.4. The smallest absolute Gasteiger partial charge is 0.00599 e. The van der Waals surface area contributed by atoms with E-state index < -0.39 is 0 Å². The Labute approximate surface area is 53.7 Å². The summed E-state index contributed by atoms with van der Waals surface area (Å²) in [4.78, 5) is 0. The van der Waals surface area contributed by atoms with E-state index in [-0.39, 0.29) is 0 Å². The summed E-state index contributed by atoms with van der Waals surface area (Å²) in [5.74, 6) is 0.748. The molecule has 0 bridgehead atoms. The predicted octanol–water partition coefficient (Wildman–Crippen LogP) is 2.59. The first-order valence-corrected chi connectivity index (χ1v) is 3.60. The fraction of sp³-hybridized carbons (Fsp3) is 0.667. The third-order valence-electron chi connectivity index (χ3n) is 0.832. The van der Waals surface area contributed by atoms with E-state index in [1.54, 1.807) is 0 Å². The van der Waals surface area contributed by atoms with E-state index in [0.29, 0.717) is 0 Å². The Kier molecular flexibility index (Phi) is 4.52. The molecule has 0 amide bonds. The van der Waals surface area contributed by atoms with E-state index in [9.17, 15) is 0 Å². The van der Waals surface area contributed by atoms with Crippen LogP contribution >= 0.6 is 15.9 Å². The van der Waals surface area contributed by atoms with E-state index in [2.05, 4.69) is 29.4 Å². The average molecular weight is 163 g/mol. The molecule has 0 heterocycles. The monoisotopic (exact) mass is 162 g/mol. The van der Waals surface area contributed by atoms with Crippen LogP contribution in [0.3, 0.4) is 0 Å². The molecule has 0 aliphatic carbocycles. The summed E-state index contributed by atoms with van der Waals surface area (Å²) in [6.45, 7) is 5.82. The third kappa shape index (κ3) is 4.07. The number of alkyl halides is 1. The molecule has 1 atom stereocenters. The van der Waals surface area contributed by atoms with Gasteiger partial charge in [-0.2, -0.15) is 0 Å². The predicted molar refractivity (Wildman–Crippen MR) is 37.8 cm³/mol. The van der Waals surface area contributed by atoms with Gasteiger partial charge in [-0.1, -0.05) is 28.9 Å². The van der Waals surface area contributed by atoms with Crippen molar-refractivity contribution in [1.82, 2.24) is 0 Å². The van der Waals surface area contributed by atoms with Gasteiger partial charge in [-0.3, -0.25) is 0 Å². The maximum Gasteiger partial charge on any atom is 0.00599 e. The molecule has 0 radical (unpaired) electrons. The Balaban J connectivity index is 2.98. The molecule has 1 heteroatoms. The molecule has 1 unspecified atom stereocenters. The first kappa shape index (κ1) is 7.22. The lowest BCUT2D eigenvalue weighted by Gasteiger charge is -1.98. The average Bonchev–Trinajstić information content (AvgIpc) is 1.68. The highest BCUT2D eigenvalue weighted by Gasteiger charge is 1.92. The van der Waals surface area contributed by atoms with Crippen molar-refractivity contribution in [2.24, 2.45) is 5.92 Å². The molecule has 42 valence electrons. The number of rotatable bonds is 3. The number of halogens is 1. The summed E-state index contributed by atoms with van der Waals surface area (Å²) in [6.07, 6.45) is 3.07. The third-order valence-corrected chi connectivity index (χ3v) is 1.94. The van der Waals surface area contributed by atoms with Crippen molar-refractivity contribution in [2.75, 3.05) is 5.33 Å². The summed E-state index contributed by atoms with van der Waals surface area (Å²) in [7, 11) is 0. The van der Waals surface area contributed by atoms with E-state index >= 15 is 0 Å². The van der Waals surface area contributed by atoms with Gasteiger partial charge in [-0.15, -0.1) is 6.58 Å². The van der Waals surface area contributed by atoms with Gasteiger partial charge in [0.2, 0.25) is 0 Å². The minimum atomic E-state index is 0.748. The molecule has 0 aromatic rings. The summed E-state index contributed by atoms with van der Waals surface area (Å²) >= 11 is 3.37. The molecule has 0 nitrogen and oxygen atoms in total. The summed E-state index contributed by atoms with van der Waals surface area (Å²) in [5, 5.41) is 1.08. The van der Waals surface area contributed by atoms with Gasteiger partial charge in [0.1, 0.15) is 0 Å². The number of hydrogen-bond acceptors (Lipinski definition) is 0. The molecule has 0 N–H and O–H groups in total. The summed E-state index contributed by atoms with van der Waals surface area (Å²) in [6, 6.07) is 0. The first-order chi connectivity index (χ1) is 3.31. The highest BCUT2D eigenvalue weighted by Crippen LogP contribution is 2.04. The van der Waals surface area contributed by atoms with Crippen LogP contribution in [0.25, 0.3) is 0 Å². The molecule has 0 aromatic heterocycles. The van der Waals surface area contributed by atoms with Crippen molar-refractivity contribution in [3.63, 3.8) is 0 Å². The van der Waals surface area contributed by atoms with Crippen molar-refractivity contribution in [3.05, 3.63) is 12.7 Å². The summed E-state index contributed by atoms with van der Waals surface area (Å²) in [5.41, 5.74) is 0. The molecular formula is C6H11Br. The lowest BCUT2D eigenvalue weighted by atomic mass is 10.1. The molecular weight excluding hydrogens is 152 g/mol. The van der Waals surface area contributed by atoms with Crippen LogP contribution in [0.1, 0.15) is 13.3 Å². The van der Waals surface area contributed by atoms with Crippen LogP contribution < -0.4 is 0 Å². The van der Waals surface area contributed by atoms with Crippen LogP contribution in [0.15, 0.2) is 12.7 Å². The Morgan fingerprint density at radius 2 is 2.43 bits per heavy atom. The molecule has 0 fully saturated rings. The van der Waals surface area contributed by atoms with Crippen LogP contribution in [0.4, 0.5) is 0 Å². The van der Waals surface area contributed by atoms with Crippen molar-refractivity contribution >= 4 is 15.9 Å². The quantitative estimate of drug-likeness (QED) is 0.443. The zero-order valence-electron chi connectivity index (χ0n) is 4.65. The van der Waals surface area contributed by atoms with Crippen molar-refractivity contribution in [3.8, 4) is 0 Å². The van der Waals surface area contributed by atoms with Gasteiger partial charge in [-0.05, 0) is 12.3 Å². The lowest BCUT2D eigenvalue weighted by Crippen LogP contribution is -1.90. The van der Waals surface area contributed by atoms with Gasteiger partial charge in [0.15, 0.2) is 0 Å². The Morgan fingerprint density at radius 3 is 2.57 bits per heavy atom. The highest BCUT2D eigenvalue weighted by molar-refractivity contribution is 9.09. The van der Waals surface area contributed by atoms with Crippen LogP contribution in [0.2, 0.25) is 0 Å². The zero-order chi connectivity index (χ0) is 5.70. The maximum atomic E-state index is 3.63. The van der Waals surface area contributed by atoms with Crippen molar-refractivity contribution in [1.29, 1.82) is 0 Å². The largest absolute Gasteiger partial charge is 0.103 e. The standard InChI is InChI=1S/C6H11Br/c1-3-4-6(2)5-7/h3,6H,1,4-5H2,2H3. The fourth-order valence-corrected chi connectivity index (χ4v) is 0.612. The lowest BCUT2D eigenvalue weighted by molar-refractivity contribution is 0.681. The van der Waals surface area contributed by atoms with Gasteiger partial charge < -0.3 is 0 Å². The van der Waals surface area contributed by atoms with E-state index in [0.717, 1.165) is 17.7 Å². The van der Waals surface area contributed by atoms with Gasteiger partial charge >= 0.3 is 0 Å². The molecule has 7 heavy (non-hydrogen) atoms. The van der Waals surface area contributed by atoms with E-state index in [4.69, 9.17) is 0 Å². The Bertz CT molecular complexity index is 50.1. The van der Waals surface area contributed by atoms with Gasteiger partial charge in [-0.25, -0.2) is 0 Å². The molecule has 0 aromatic carbocycles. The van der Waals surface area contributed by atoms with Crippen LogP contribution in [-0.4, -0.2) is 5.33 Å². The van der Waals surface area contributed by atoms with Gasteiger partial charge in [0, 0.05) is 5.33 Å². The Morgan fingerprint density at radius 1 is 1.86 bits per heavy atom. The second-order valence-electron chi connectivity index (χ2n) is 1.78. The molecule has 0 rings (SSSR count). The maximum absolute atomic E-state index is 3.63. The molecule has 0 spiro atoms.